The maximum Gasteiger partial charge on any atom is 0.251 e. The zero-order valence-corrected chi connectivity index (χ0v) is 17.1. The van der Waals surface area contributed by atoms with Crippen molar-refractivity contribution in [2.24, 2.45) is 5.92 Å². The zero-order valence-electron chi connectivity index (χ0n) is 17.1. The maximum atomic E-state index is 12.6. The molecule has 1 amide bonds. The van der Waals surface area contributed by atoms with E-state index in [1.54, 1.807) is 0 Å². The van der Waals surface area contributed by atoms with Crippen molar-refractivity contribution >= 4 is 5.91 Å². The highest BCUT2D eigenvalue weighted by Crippen LogP contribution is 2.20. The molecule has 2 atom stereocenters. The number of carbonyl (C=O) groups is 1. The van der Waals surface area contributed by atoms with E-state index in [9.17, 15) is 4.79 Å². The van der Waals surface area contributed by atoms with Gasteiger partial charge < -0.3 is 5.32 Å². The van der Waals surface area contributed by atoms with Crippen LogP contribution < -0.4 is 5.32 Å². The quantitative estimate of drug-likeness (QED) is 0.807. The van der Waals surface area contributed by atoms with Gasteiger partial charge in [0.25, 0.3) is 5.91 Å². The summed E-state index contributed by atoms with van der Waals surface area (Å²) in [5.41, 5.74) is 5.61. The molecule has 0 unspecified atom stereocenters. The molecule has 1 saturated heterocycles. The number of rotatable bonds is 5. The minimum Gasteiger partial charge on any atom is -0.346 e. The van der Waals surface area contributed by atoms with Gasteiger partial charge in [0.15, 0.2) is 0 Å². The molecule has 27 heavy (non-hydrogen) atoms. The van der Waals surface area contributed by atoms with Crippen LogP contribution in [0.15, 0.2) is 42.5 Å². The Balaban J connectivity index is 1.61. The van der Waals surface area contributed by atoms with Crippen LogP contribution in [0.4, 0.5) is 0 Å². The molecule has 1 N–H and O–H groups in total. The van der Waals surface area contributed by atoms with Gasteiger partial charge in [0.1, 0.15) is 0 Å². The second-order valence-corrected chi connectivity index (χ2v) is 8.23. The minimum absolute atomic E-state index is 0.00749. The predicted molar refractivity (Wildman–Crippen MR) is 112 cm³/mol. The van der Waals surface area contributed by atoms with E-state index < -0.39 is 0 Å². The first kappa shape index (κ1) is 19.6. The van der Waals surface area contributed by atoms with E-state index in [-0.39, 0.29) is 11.9 Å². The van der Waals surface area contributed by atoms with Gasteiger partial charge in [0, 0.05) is 18.7 Å². The van der Waals surface area contributed by atoms with Crippen molar-refractivity contribution in [2.75, 3.05) is 13.1 Å². The molecule has 3 heteroatoms. The van der Waals surface area contributed by atoms with Gasteiger partial charge in [0.2, 0.25) is 0 Å². The summed E-state index contributed by atoms with van der Waals surface area (Å²) in [6.45, 7) is 11.9. The number of likely N-dealkylation sites (tertiary alicyclic amines) is 1. The summed E-state index contributed by atoms with van der Waals surface area (Å²) in [5.74, 6) is 0.775. The second kappa shape index (κ2) is 8.71. The number of benzene rings is 2. The molecule has 2 aromatic rings. The lowest BCUT2D eigenvalue weighted by Crippen LogP contribution is -2.33. The average Bonchev–Trinajstić information content (AvgIpc) is 2.64. The molecule has 3 nitrogen and oxygen atoms in total. The fourth-order valence-electron chi connectivity index (χ4n) is 4.03. The third kappa shape index (κ3) is 5.20. The first-order valence-corrected chi connectivity index (χ1v) is 10.1. The van der Waals surface area contributed by atoms with Gasteiger partial charge in [0.05, 0.1) is 6.04 Å². The first-order chi connectivity index (χ1) is 12.9. The summed E-state index contributed by atoms with van der Waals surface area (Å²) in [7, 11) is 0. The molecule has 2 aromatic carbocycles. The molecule has 0 spiro atoms. The van der Waals surface area contributed by atoms with E-state index in [4.69, 9.17) is 0 Å². The van der Waals surface area contributed by atoms with Gasteiger partial charge in [-0.15, -0.1) is 0 Å². The van der Waals surface area contributed by atoms with Crippen molar-refractivity contribution in [1.29, 1.82) is 0 Å². The van der Waals surface area contributed by atoms with Crippen LogP contribution in [0.3, 0.4) is 0 Å². The second-order valence-electron chi connectivity index (χ2n) is 8.23. The maximum absolute atomic E-state index is 12.6. The Labute approximate surface area is 163 Å². The number of nitrogens with zero attached hydrogens (tertiary/aromatic N) is 1. The summed E-state index contributed by atoms with van der Waals surface area (Å²) < 4.78 is 0. The highest BCUT2D eigenvalue weighted by molar-refractivity contribution is 5.94. The van der Waals surface area contributed by atoms with Crippen LogP contribution in [-0.2, 0) is 6.54 Å². The molecule has 1 aliphatic rings. The van der Waals surface area contributed by atoms with Gasteiger partial charge in [-0.2, -0.15) is 0 Å². The van der Waals surface area contributed by atoms with Gasteiger partial charge >= 0.3 is 0 Å². The molecule has 0 bridgehead atoms. The van der Waals surface area contributed by atoms with Crippen molar-refractivity contribution in [3.8, 4) is 0 Å². The largest absolute Gasteiger partial charge is 0.346 e. The van der Waals surface area contributed by atoms with Crippen LogP contribution in [0.5, 0.6) is 0 Å². The van der Waals surface area contributed by atoms with Gasteiger partial charge in [-0.25, -0.2) is 0 Å². The highest BCUT2D eigenvalue weighted by atomic mass is 16.1. The molecule has 0 radical (unpaired) electrons. The van der Waals surface area contributed by atoms with Gasteiger partial charge in [-0.3, -0.25) is 9.69 Å². The van der Waals surface area contributed by atoms with Crippen molar-refractivity contribution in [2.45, 2.75) is 53.1 Å². The molecule has 1 fully saturated rings. The number of hydrogen-bond acceptors (Lipinski definition) is 2. The lowest BCUT2D eigenvalue weighted by molar-refractivity contribution is 0.0940. The van der Waals surface area contributed by atoms with Crippen LogP contribution in [-0.4, -0.2) is 23.9 Å². The summed E-state index contributed by atoms with van der Waals surface area (Å²) in [5, 5.41) is 3.14. The Morgan fingerprint density at radius 1 is 1.19 bits per heavy atom. The first-order valence-electron chi connectivity index (χ1n) is 10.1. The van der Waals surface area contributed by atoms with E-state index in [0.29, 0.717) is 0 Å². The molecule has 0 aliphatic carbocycles. The predicted octanol–water partition coefficient (Wildman–Crippen LogP) is 5.03. The third-order valence-electron chi connectivity index (χ3n) is 5.61. The van der Waals surface area contributed by atoms with Crippen molar-refractivity contribution in [1.82, 2.24) is 10.2 Å². The summed E-state index contributed by atoms with van der Waals surface area (Å²) >= 11 is 0. The molecular weight excluding hydrogens is 332 g/mol. The van der Waals surface area contributed by atoms with Crippen LogP contribution in [0, 0.1) is 19.8 Å². The van der Waals surface area contributed by atoms with E-state index in [1.807, 2.05) is 19.1 Å². The lowest BCUT2D eigenvalue weighted by atomic mass is 9.99. The number of piperidine rings is 1. The van der Waals surface area contributed by atoms with Crippen molar-refractivity contribution < 1.29 is 4.79 Å². The van der Waals surface area contributed by atoms with Crippen LogP contribution >= 0.6 is 0 Å². The van der Waals surface area contributed by atoms with Crippen LogP contribution in [0.25, 0.3) is 0 Å². The normalized spacial score (nSPS) is 18.9. The Morgan fingerprint density at radius 2 is 1.93 bits per heavy atom. The average molecular weight is 365 g/mol. The van der Waals surface area contributed by atoms with Crippen LogP contribution in [0.1, 0.15) is 65.3 Å². The molecule has 144 valence electrons. The SMILES string of the molecule is Cc1ccc(C)c([C@H](C)NC(=O)c2ccc(CN3CCC[C@H](C)C3)cc2)c1. The van der Waals surface area contributed by atoms with Crippen molar-refractivity contribution in [3.63, 3.8) is 0 Å². The topological polar surface area (TPSA) is 32.3 Å². The standard InChI is InChI=1S/C24H32N2O/c1-17-7-8-19(3)23(14-17)20(4)25-24(27)22-11-9-21(10-12-22)16-26-13-5-6-18(2)15-26/h7-12,14,18,20H,5-6,13,15-16H2,1-4H3,(H,25,27)/t18-,20-/m0/s1. The fraction of sp³-hybridized carbons (Fsp3) is 0.458. The summed E-state index contributed by atoms with van der Waals surface area (Å²) in [4.78, 5) is 15.2. The van der Waals surface area contributed by atoms with E-state index in [1.165, 1.54) is 48.2 Å². The Kier molecular flexibility index (Phi) is 6.33. The van der Waals surface area contributed by atoms with E-state index in [2.05, 4.69) is 61.3 Å². The molecule has 1 heterocycles. The smallest absolute Gasteiger partial charge is 0.251 e. The lowest BCUT2D eigenvalue weighted by Gasteiger charge is -2.30. The number of hydrogen-bond donors (Lipinski definition) is 1. The van der Waals surface area contributed by atoms with E-state index in [0.717, 1.165) is 18.0 Å². The number of amides is 1. The monoisotopic (exact) mass is 364 g/mol. The Bertz CT molecular complexity index is 781. The Hall–Kier alpha value is -2.13. The van der Waals surface area contributed by atoms with Gasteiger partial charge in [-0.1, -0.05) is 42.8 Å². The molecule has 3 rings (SSSR count). The molecular formula is C24H32N2O. The van der Waals surface area contributed by atoms with Crippen LogP contribution in [0.2, 0.25) is 0 Å². The number of aryl methyl sites for hydroxylation is 2. The minimum atomic E-state index is -0.0125. The van der Waals surface area contributed by atoms with Crippen molar-refractivity contribution in [3.05, 3.63) is 70.3 Å². The fourth-order valence-corrected chi connectivity index (χ4v) is 4.03. The molecule has 0 aromatic heterocycles. The highest BCUT2D eigenvalue weighted by Gasteiger charge is 2.17. The zero-order chi connectivity index (χ0) is 19.4. The van der Waals surface area contributed by atoms with E-state index >= 15 is 0 Å². The summed E-state index contributed by atoms with van der Waals surface area (Å²) in [6, 6.07) is 14.5. The molecule has 1 aliphatic heterocycles. The summed E-state index contributed by atoms with van der Waals surface area (Å²) in [6.07, 6.45) is 2.63. The molecule has 0 saturated carbocycles. The van der Waals surface area contributed by atoms with Gasteiger partial charge in [-0.05, 0) is 74.9 Å². The Morgan fingerprint density at radius 3 is 2.63 bits per heavy atom. The number of carbonyl (C=O) groups excluding carboxylic acids is 1. The number of nitrogens with one attached hydrogen (secondary N) is 1. The third-order valence-corrected chi connectivity index (χ3v) is 5.61.